The summed E-state index contributed by atoms with van der Waals surface area (Å²) in [4.78, 5) is 52.5. The summed E-state index contributed by atoms with van der Waals surface area (Å²) in [6, 6.07) is 7.85. The second-order valence-electron chi connectivity index (χ2n) is 7.36. The lowest BCUT2D eigenvalue weighted by Gasteiger charge is -2.18. The van der Waals surface area contributed by atoms with E-state index in [4.69, 9.17) is 13.9 Å². The Kier molecular flexibility index (Phi) is 6.83. The van der Waals surface area contributed by atoms with Crippen molar-refractivity contribution < 1.29 is 33.1 Å². The van der Waals surface area contributed by atoms with Crippen molar-refractivity contribution in [3.8, 4) is 11.5 Å². The molecule has 2 fully saturated rings. The van der Waals surface area contributed by atoms with Crippen LogP contribution >= 0.6 is 11.8 Å². The van der Waals surface area contributed by atoms with Crippen molar-refractivity contribution in [2.45, 2.75) is 19.8 Å². The fraction of sp³-hybridized carbons (Fsp3) is 0.304. The third kappa shape index (κ3) is 5.11. The Balaban J connectivity index is 1.50. The van der Waals surface area contributed by atoms with Gasteiger partial charge in [0.05, 0.1) is 17.8 Å². The molecule has 1 aromatic heterocycles. The van der Waals surface area contributed by atoms with Gasteiger partial charge in [-0.1, -0.05) is 6.07 Å². The van der Waals surface area contributed by atoms with Gasteiger partial charge < -0.3 is 18.8 Å². The Bertz CT molecular complexity index is 1100. The summed E-state index contributed by atoms with van der Waals surface area (Å²) in [5.41, 5.74) is 0.576. The molecule has 2 aromatic rings. The molecule has 2 aliphatic heterocycles. The fourth-order valence-electron chi connectivity index (χ4n) is 3.50. The van der Waals surface area contributed by atoms with Crippen LogP contribution in [-0.4, -0.2) is 59.1 Å². The SMILES string of the molecule is CCOc1cc(/C=C2\SC(=O)N(CC(=O)N3CCCC3)C2=O)ccc1OC(=O)c1ccco1. The van der Waals surface area contributed by atoms with Gasteiger partial charge in [0.1, 0.15) is 6.54 Å². The average molecular weight is 471 g/mol. The highest BCUT2D eigenvalue weighted by Gasteiger charge is 2.37. The number of ether oxygens (including phenoxy) is 2. The van der Waals surface area contributed by atoms with Gasteiger partial charge in [-0.15, -0.1) is 0 Å². The van der Waals surface area contributed by atoms with Gasteiger partial charge in [-0.2, -0.15) is 0 Å². The standard InChI is InChI=1S/C23H22N2O7S/c1-2-30-18-12-15(7-8-16(18)32-22(28)17-6-5-11-31-17)13-19-21(27)25(23(29)33-19)14-20(26)24-9-3-4-10-24/h5-8,11-13H,2-4,9-10,14H2,1H3/b19-13-. The fourth-order valence-corrected chi connectivity index (χ4v) is 4.34. The first-order valence-corrected chi connectivity index (χ1v) is 11.3. The van der Waals surface area contributed by atoms with Gasteiger partial charge in [0.15, 0.2) is 11.5 Å². The van der Waals surface area contributed by atoms with Gasteiger partial charge in [-0.05, 0) is 67.4 Å². The number of likely N-dealkylation sites (tertiary alicyclic amines) is 1. The summed E-state index contributed by atoms with van der Waals surface area (Å²) in [6.07, 6.45) is 4.78. The van der Waals surface area contributed by atoms with Crippen LogP contribution in [0.25, 0.3) is 6.08 Å². The number of benzene rings is 1. The van der Waals surface area contributed by atoms with Gasteiger partial charge >= 0.3 is 5.97 Å². The molecule has 2 aliphatic rings. The number of esters is 1. The van der Waals surface area contributed by atoms with Crippen LogP contribution in [0.3, 0.4) is 0 Å². The second kappa shape index (κ2) is 9.95. The zero-order valence-electron chi connectivity index (χ0n) is 17.9. The lowest BCUT2D eigenvalue weighted by molar-refractivity contribution is -0.135. The van der Waals surface area contributed by atoms with Crippen LogP contribution in [0.15, 0.2) is 45.9 Å². The van der Waals surface area contributed by atoms with E-state index in [2.05, 4.69) is 0 Å². The smallest absolute Gasteiger partial charge is 0.379 e. The van der Waals surface area contributed by atoms with Crippen molar-refractivity contribution in [2.75, 3.05) is 26.2 Å². The predicted octanol–water partition coefficient (Wildman–Crippen LogP) is 3.56. The van der Waals surface area contributed by atoms with E-state index in [9.17, 15) is 19.2 Å². The average Bonchev–Trinajstić information content (AvgIpc) is 3.56. The number of hydrogen-bond acceptors (Lipinski definition) is 8. The third-order valence-corrected chi connectivity index (χ3v) is 6.02. The molecule has 0 spiro atoms. The Hall–Kier alpha value is -3.53. The van der Waals surface area contributed by atoms with E-state index in [1.165, 1.54) is 12.3 Å². The van der Waals surface area contributed by atoms with Crippen molar-refractivity contribution in [3.05, 3.63) is 52.8 Å². The van der Waals surface area contributed by atoms with E-state index in [1.54, 1.807) is 42.2 Å². The van der Waals surface area contributed by atoms with E-state index in [0.29, 0.717) is 31.0 Å². The molecule has 3 amide bonds. The van der Waals surface area contributed by atoms with Gasteiger partial charge in [0.25, 0.3) is 11.1 Å². The predicted molar refractivity (Wildman–Crippen MR) is 120 cm³/mol. The minimum atomic E-state index is -0.669. The van der Waals surface area contributed by atoms with Gasteiger partial charge in [-0.3, -0.25) is 19.3 Å². The first-order valence-electron chi connectivity index (χ1n) is 10.5. The van der Waals surface area contributed by atoms with E-state index in [1.807, 2.05) is 0 Å². The minimum Gasteiger partial charge on any atom is -0.490 e. The third-order valence-electron chi connectivity index (χ3n) is 5.12. The molecule has 0 N–H and O–H groups in total. The van der Waals surface area contributed by atoms with Crippen molar-refractivity contribution in [3.63, 3.8) is 0 Å². The summed E-state index contributed by atoms with van der Waals surface area (Å²) >= 11 is 0.783. The zero-order valence-corrected chi connectivity index (χ0v) is 18.8. The molecule has 10 heteroatoms. The Morgan fingerprint density at radius 2 is 1.94 bits per heavy atom. The number of hydrogen-bond donors (Lipinski definition) is 0. The highest BCUT2D eigenvalue weighted by molar-refractivity contribution is 8.18. The minimum absolute atomic E-state index is 0.0543. The molecule has 4 rings (SSSR count). The Morgan fingerprint density at radius 3 is 2.64 bits per heavy atom. The Labute approximate surface area is 194 Å². The number of amides is 3. The maximum absolute atomic E-state index is 12.8. The zero-order chi connectivity index (χ0) is 23.4. The molecule has 0 unspecified atom stereocenters. The molecule has 3 heterocycles. The van der Waals surface area contributed by atoms with Crippen LogP contribution in [0.5, 0.6) is 11.5 Å². The summed E-state index contributed by atoms with van der Waals surface area (Å²) in [5.74, 6) is -0.855. The molecular formula is C23H22N2O7S. The summed E-state index contributed by atoms with van der Waals surface area (Å²) in [5, 5.41) is -0.479. The summed E-state index contributed by atoms with van der Waals surface area (Å²) in [6.45, 7) is 3.16. The summed E-state index contributed by atoms with van der Waals surface area (Å²) in [7, 11) is 0. The molecule has 9 nitrogen and oxygen atoms in total. The Morgan fingerprint density at radius 1 is 1.15 bits per heavy atom. The van der Waals surface area contributed by atoms with Gasteiger partial charge in [0, 0.05) is 13.1 Å². The number of thioether (sulfide) groups is 1. The number of carbonyl (C=O) groups excluding carboxylic acids is 4. The van der Waals surface area contributed by atoms with Crippen LogP contribution in [-0.2, 0) is 9.59 Å². The van der Waals surface area contributed by atoms with Crippen LogP contribution in [0.1, 0.15) is 35.9 Å². The molecule has 33 heavy (non-hydrogen) atoms. The van der Waals surface area contributed by atoms with Crippen LogP contribution in [0, 0.1) is 0 Å². The number of rotatable bonds is 7. The molecule has 2 saturated heterocycles. The highest BCUT2D eigenvalue weighted by Crippen LogP contribution is 2.35. The topological polar surface area (TPSA) is 106 Å². The number of imide groups is 1. The van der Waals surface area contributed by atoms with Crippen LogP contribution in [0.2, 0.25) is 0 Å². The largest absolute Gasteiger partial charge is 0.490 e. The van der Waals surface area contributed by atoms with Crippen LogP contribution < -0.4 is 9.47 Å². The number of furan rings is 1. The number of nitrogens with zero attached hydrogens (tertiary/aromatic N) is 2. The molecule has 0 saturated carbocycles. The van der Waals surface area contributed by atoms with E-state index >= 15 is 0 Å². The van der Waals surface area contributed by atoms with Crippen molar-refractivity contribution in [1.82, 2.24) is 9.80 Å². The lowest BCUT2D eigenvalue weighted by atomic mass is 10.2. The van der Waals surface area contributed by atoms with Crippen molar-refractivity contribution in [2.24, 2.45) is 0 Å². The highest BCUT2D eigenvalue weighted by atomic mass is 32.2. The van der Waals surface area contributed by atoms with Crippen LogP contribution in [0.4, 0.5) is 4.79 Å². The van der Waals surface area contributed by atoms with Gasteiger partial charge in [0.2, 0.25) is 11.7 Å². The van der Waals surface area contributed by atoms with E-state index in [0.717, 1.165) is 29.5 Å². The quantitative estimate of drug-likeness (QED) is 0.344. The van der Waals surface area contributed by atoms with E-state index in [-0.39, 0.29) is 28.9 Å². The molecule has 1 aromatic carbocycles. The van der Waals surface area contributed by atoms with Gasteiger partial charge in [-0.25, -0.2) is 4.79 Å². The lowest BCUT2D eigenvalue weighted by Crippen LogP contribution is -2.40. The molecule has 0 radical (unpaired) electrons. The first-order chi connectivity index (χ1) is 16.0. The van der Waals surface area contributed by atoms with Crippen molar-refractivity contribution >= 4 is 40.9 Å². The first kappa shape index (κ1) is 22.7. The second-order valence-corrected chi connectivity index (χ2v) is 8.35. The molecule has 0 atom stereocenters. The normalized spacial score (nSPS) is 17.2. The maximum atomic E-state index is 12.8. The molecule has 0 bridgehead atoms. The summed E-state index contributed by atoms with van der Waals surface area (Å²) < 4.78 is 16.0. The van der Waals surface area contributed by atoms with E-state index < -0.39 is 17.1 Å². The number of carbonyl (C=O) groups is 4. The molecule has 0 aliphatic carbocycles. The van der Waals surface area contributed by atoms with Crippen molar-refractivity contribution in [1.29, 1.82) is 0 Å². The molecule has 172 valence electrons. The monoisotopic (exact) mass is 470 g/mol. The molecular weight excluding hydrogens is 448 g/mol. The maximum Gasteiger partial charge on any atom is 0.379 e.